The summed E-state index contributed by atoms with van der Waals surface area (Å²) in [5.41, 5.74) is 3.83. The molecule has 2 aromatic carbocycles. The Kier molecular flexibility index (Phi) is 6.67. The van der Waals surface area contributed by atoms with Gasteiger partial charge in [-0.05, 0) is 36.6 Å². The Bertz CT molecular complexity index is 1370. The highest BCUT2D eigenvalue weighted by molar-refractivity contribution is 7.99. The van der Waals surface area contributed by atoms with Crippen LogP contribution in [0.25, 0.3) is 0 Å². The van der Waals surface area contributed by atoms with Crippen molar-refractivity contribution in [3.63, 3.8) is 0 Å². The normalized spacial score (nSPS) is 15.4. The number of furan rings is 1. The van der Waals surface area contributed by atoms with E-state index in [9.17, 15) is 9.59 Å². The molecule has 178 valence electrons. The number of aromatic nitrogens is 3. The number of aromatic amines is 1. The van der Waals surface area contributed by atoms with E-state index in [0.717, 1.165) is 22.4 Å². The number of rotatable bonds is 8. The number of hydrazone groups is 1. The topological polar surface area (TPSA) is 96.5 Å². The van der Waals surface area contributed by atoms with E-state index in [0.29, 0.717) is 30.3 Å². The molecule has 0 unspecified atom stereocenters. The molecule has 2 aromatic heterocycles. The van der Waals surface area contributed by atoms with Gasteiger partial charge in [0, 0.05) is 13.0 Å². The first-order valence-corrected chi connectivity index (χ1v) is 12.4. The van der Waals surface area contributed by atoms with Crippen molar-refractivity contribution in [3.05, 3.63) is 106 Å². The fourth-order valence-corrected chi connectivity index (χ4v) is 4.88. The number of aryl methyl sites for hydroxylation is 2. The van der Waals surface area contributed by atoms with Gasteiger partial charge in [-0.15, -0.1) is 5.10 Å². The highest BCUT2D eigenvalue weighted by Gasteiger charge is 2.35. The Morgan fingerprint density at radius 3 is 2.66 bits per heavy atom. The molecule has 9 heteroatoms. The van der Waals surface area contributed by atoms with Crippen molar-refractivity contribution in [2.75, 3.05) is 5.75 Å². The number of benzene rings is 2. The van der Waals surface area contributed by atoms with E-state index in [1.165, 1.54) is 16.8 Å². The molecule has 0 fully saturated rings. The highest BCUT2D eigenvalue weighted by atomic mass is 32.2. The van der Waals surface area contributed by atoms with Crippen LogP contribution in [0, 0.1) is 6.92 Å². The van der Waals surface area contributed by atoms with Crippen LogP contribution in [0.5, 0.6) is 0 Å². The van der Waals surface area contributed by atoms with Crippen LogP contribution < -0.4 is 5.69 Å². The molecule has 8 nitrogen and oxygen atoms in total. The number of carbonyl (C=O) groups is 1. The van der Waals surface area contributed by atoms with Gasteiger partial charge < -0.3 is 4.42 Å². The molecular formula is C26H25N5O3S. The largest absolute Gasteiger partial charge is 0.467 e. The van der Waals surface area contributed by atoms with E-state index in [-0.39, 0.29) is 23.4 Å². The average Bonchev–Trinajstić information content (AvgIpc) is 3.63. The molecule has 3 heterocycles. The van der Waals surface area contributed by atoms with Crippen LogP contribution in [0.1, 0.15) is 34.9 Å². The number of thioether (sulfide) groups is 1. The van der Waals surface area contributed by atoms with Gasteiger partial charge in [-0.2, -0.15) is 5.10 Å². The molecule has 35 heavy (non-hydrogen) atoms. The Morgan fingerprint density at radius 2 is 1.91 bits per heavy atom. The molecule has 4 aromatic rings. The van der Waals surface area contributed by atoms with Gasteiger partial charge in [-0.3, -0.25) is 9.36 Å². The molecule has 1 aliphatic heterocycles. The van der Waals surface area contributed by atoms with Gasteiger partial charge in [0.05, 0.1) is 17.7 Å². The molecule has 0 spiro atoms. The summed E-state index contributed by atoms with van der Waals surface area (Å²) < 4.78 is 7.19. The van der Waals surface area contributed by atoms with Gasteiger partial charge in [0.15, 0.2) is 5.16 Å². The zero-order valence-corrected chi connectivity index (χ0v) is 20.1. The Balaban J connectivity index is 1.31. The van der Waals surface area contributed by atoms with Crippen LogP contribution in [-0.4, -0.2) is 37.1 Å². The van der Waals surface area contributed by atoms with Crippen molar-refractivity contribution < 1.29 is 9.21 Å². The van der Waals surface area contributed by atoms with Crippen LogP contribution in [0.3, 0.4) is 0 Å². The minimum absolute atomic E-state index is 0.0948. The third-order valence-electron chi connectivity index (χ3n) is 5.94. The van der Waals surface area contributed by atoms with E-state index in [4.69, 9.17) is 4.42 Å². The predicted octanol–water partition coefficient (Wildman–Crippen LogP) is 4.19. The van der Waals surface area contributed by atoms with Crippen LogP contribution in [0.15, 0.2) is 92.5 Å². The molecule has 1 amide bonds. The Morgan fingerprint density at radius 1 is 1.11 bits per heavy atom. The van der Waals surface area contributed by atoms with Gasteiger partial charge in [0.1, 0.15) is 11.8 Å². The van der Waals surface area contributed by atoms with Gasteiger partial charge in [-0.1, -0.05) is 71.9 Å². The van der Waals surface area contributed by atoms with E-state index in [2.05, 4.69) is 15.3 Å². The number of nitrogens with zero attached hydrogens (tertiary/aromatic N) is 4. The number of amides is 1. The Hall–Kier alpha value is -3.85. The first kappa shape index (κ1) is 22.9. The second-order valence-electron chi connectivity index (χ2n) is 8.37. The summed E-state index contributed by atoms with van der Waals surface area (Å²) in [7, 11) is 0. The summed E-state index contributed by atoms with van der Waals surface area (Å²) in [6.07, 6.45) is 2.86. The maximum atomic E-state index is 13.3. The first-order valence-electron chi connectivity index (χ1n) is 11.4. The van der Waals surface area contributed by atoms with E-state index >= 15 is 0 Å². The van der Waals surface area contributed by atoms with Gasteiger partial charge in [0.2, 0.25) is 0 Å². The molecule has 1 N–H and O–H groups in total. The van der Waals surface area contributed by atoms with E-state index < -0.39 is 0 Å². The smallest absolute Gasteiger partial charge is 0.343 e. The zero-order chi connectivity index (χ0) is 24.2. The molecule has 0 aliphatic carbocycles. The minimum atomic E-state index is -0.311. The van der Waals surface area contributed by atoms with Gasteiger partial charge in [0.25, 0.3) is 5.91 Å². The number of hydrogen-bond donors (Lipinski definition) is 1. The van der Waals surface area contributed by atoms with Crippen LogP contribution in [0.2, 0.25) is 0 Å². The van der Waals surface area contributed by atoms with E-state index in [1.54, 1.807) is 10.8 Å². The maximum absolute atomic E-state index is 13.3. The number of H-pyrrole nitrogens is 1. The predicted molar refractivity (Wildman–Crippen MR) is 134 cm³/mol. The lowest BCUT2D eigenvalue weighted by Crippen LogP contribution is -2.28. The molecule has 1 atom stereocenters. The molecule has 0 saturated heterocycles. The van der Waals surface area contributed by atoms with E-state index in [1.807, 2.05) is 73.7 Å². The molecule has 5 rings (SSSR count). The van der Waals surface area contributed by atoms with Crippen molar-refractivity contribution in [1.29, 1.82) is 0 Å². The number of hydrogen-bond acceptors (Lipinski definition) is 6. The summed E-state index contributed by atoms with van der Waals surface area (Å²) in [5, 5.41) is 13.3. The third-order valence-corrected chi connectivity index (χ3v) is 6.90. The van der Waals surface area contributed by atoms with Crippen LogP contribution in [0.4, 0.5) is 0 Å². The third kappa shape index (κ3) is 5.14. The van der Waals surface area contributed by atoms with Crippen molar-refractivity contribution in [1.82, 2.24) is 19.8 Å². The molecule has 0 bridgehead atoms. The fourth-order valence-electron chi connectivity index (χ4n) is 4.05. The maximum Gasteiger partial charge on any atom is 0.343 e. The molecule has 0 saturated carbocycles. The van der Waals surface area contributed by atoms with Crippen molar-refractivity contribution in [3.8, 4) is 0 Å². The zero-order valence-electron chi connectivity index (χ0n) is 19.3. The lowest BCUT2D eigenvalue weighted by Gasteiger charge is -2.19. The van der Waals surface area contributed by atoms with Crippen molar-refractivity contribution in [2.24, 2.45) is 5.10 Å². The highest BCUT2D eigenvalue weighted by Crippen LogP contribution is 2.34. The summed E-state index contributed by atoms with van der Waals surface area (Å²) in [6.45, 7) is 2.51. The number of carbonyl (C=O) groups excluding carboxylic acids is 1. The lowest BCUT2D eigenvalue weighted by molar-refractivity contribution is -0.130. The second-order valence-corrected chi connectivity index (χ2v) is 9.32. The fraction of sp³-hybridized carbons (Fsp3) is 0.231. The summed E-state index contributed by atoms with van der Waals surface area (Å²) in [4.78, 5) is 25.6. The molecule has 1 aliphatic rings. The number of nitrogens with one attached hydrogen (secondary N) is 1. The lowest BCUT2D eigenvalue weighted by atomic mass is 10.0. The van der Waals surface area contributed by atoms with Crippen molar-refractivity contribution in [2.45, 2.75) is 37.5 Å². The van der Waals surface area contributed by atoms with Gasteiger partial charge in [-0.25, -0.2) is 14.9 Å². The van der Waals surface area contributed by atoms with Crippen molar-refractivity contribution >= 4 is 23.4 Å². The molecular weight excluding hydrogens is 462 g/mol. The quantitative estimate of drug-likeness (QED) is 0.376. The summed E-state index contributed by atoms with van der Waals surface area (Å²) >= 11 is 1.23. The van der Waals surface area contributed by atoms with Crippen LogP contribution >= 0.6 is 11.8 Å². The Labute approximate surface area is 206 Å². The summed E-state index contributed by atoms with van der Waals surface area (Å²) in [6, 6.07) is 21.4. The standard InChI is InChI=1S/C26H25N5O3S/c1-18-9-11-20(12-10-18)21-16-22(23-8-5-15-34-23)31(29-21)24(32)17-35-26-28-27-25(33)30(26)14-13-19-6-3-2-4-7-19/h2-12,15,22H,13-14,16-17H2,1H3,(H,27,33)/t22-/m0/s1. The SMILES string of the molecule is Cc1ccc(C2=NN(C(=O)CSc3n[nH]c(=O)n3CCc3ccccc3)[C@H](c3ccco3)C2)cc1. The van der Waals surface area contributed by atoms with Gasteiger partial charge >= 0.3 is 5.69 Å². The summed E-state index contributed by atoms with van der Waals surface area (Å²) in [5.74, 6) is 0.606. The average molecular weight is 488 g/mol. The minimum Gasteiger partial charge on any atom is -0.467 e. The molecule has 0 radical (unpaired) electrons. The first-order chi connectivity index (χ1) is 17.1. The monoisotopic (exact) mass is 487 g/mol. The second kappa shape index (κ2) is 10.2. The van der Waals surface area contributed by atoms with Crippen LogP contribution in [-0.2, 0) is 17.8 Å².